The number of benzene rings is 1. The number of aromatic hydroxyl groups is 1. The number of likely N-dealkylation sites (tertiary alicyclic amines) is 1. The van der Waals surface area contributed by atoms with E-state index in [-0.39, 0.29) is 23.4 Å². The minimum atomic E-state index is -0.367. The van der Waals surface area contributed by atoms with Crippen molar-refractivity contribution in [2.24, 2.45) is 0 Å². The van der Waals surface area contributed by atoms with Gasteiger partial charge in [-0.25, -0.2) is 0 Å². The van der Waals surface area contributed by atoms with E-state index < -0.39 is 0 Å². The Kier molecular flexibility index (Phi) is 2.56. The van der Waals surface area contributed by atoms with E-state index in [2.05, 4.69) is 4.90 Å². The number of hydrogen-bond acceptors (Lipinski definition) is 4. The Labute approximate surface area is 117 Å². The van der Waals surface area contributed by atoms with Crippen LogP contribution < -0.4 is 0 Å². The zero-order chi connectivity index (χ0) is 13.7. The van der Waals surface area contributed by atoms with E-state index in [1.54, 1.807) is 12.1 Å². The summed E-state index contributed by atoms with van der Waals surface area (Å²) in [5, 5.41) is 9.56. The first kappa shape index (κ1) is 12.2. The molecule has 3 fully saturated rings. The van der Waals surface area contributed by atoms with Crippen LogP contribution in [-0.4, -0.2) is 52.3 Å². The largest absolute Gasteiger partial charge is 0.508 e. The van der Waals surface area contributed by atoms with Gasteiger partial charge in [-0.2, -0.15) is 0 Å². The van der Waals surface area contributed by atoms with Crippen molar-refractivity contribution in [2.75, 3.05) is 19.7 Å². The van der Waals surface area contributed by atoms with Gasteiger partial charge in [-0.1, -0.05) is 12.1 Å². The van der Waals surface area contributed by atoms with Gasteiger partial charge in [0.25, 0.3) is 0 Å². The van der Waals surface area contributed by atoms with E-state index in [0.717, 1.165) is 31.6 Å². The zero-order valence-electron chi connectivity index (χ0n) is 11.3. The SMILES string of the molecule is O=C1C[C@H]2N(Cc3cccc(O)c3)CC[C@]23OCCN13. The molecule has 1 aromatic carbocycles. The highest BCUT2D eigenvalue weighted by Crippen LogP contribution is 2.45. The van der Waals surface area contributed by atoms with Gasteiger partial charge in [0, 0.05) is 32.5 Å². The molecule has 3 saturated heterocycles. The molecular formula is C15H18N2O3. The van der Waals surface area contributed by atoms with Crippen molar-refractivity contribution in [1.29, 1.82) is 0 Å². The minimum absolute atomic E-state index is 0.153. The standard InChI is InChI=1S/C15H18N2O3/c18-12-3-1-2-11(8-12)10-16-5-4-15-13(16)9-14(19)17(15)6-7-20-15/h1-3,8,13,18H,4-7,9-10H2/t13-,15+/m1/s1. The molecule has 3 heterocycles. The van der Waals surface area contributed by atoms with Crippen molar-refractivity contribution in [3.8, 4) is 5.75 Å². The maximum atomic E-state index is 12.1. The molecule has 4 rings (SSSR count). The van der Waals surface area contributed by atoms with Crippen LogP contribution in [0.15, 0.2) is 24.3 Å². The third kappa shape index (κ3) is 1.60. The van der Waals surface area contributed by atoms with Gasteiger partial charge < -0.3 is 14.7 Å². The fourth-order valence-corrected chi connectivity index (χ4v) is 3.95. The molecule has 0 radical (unpaired) electrons. The fraction of sp³-hybridized carbons (Fsp3) is 0.533. The molecule has 1 spiro atoms. The lowest BCUT2D eigenvalue weighted by Crippen LogP contribution is -2.47. The molecule has 3 aliphatic heterocycles. The van der Waals surface area contributed by atoms with Crippen molar-refractivity contribution >= 4 is 5.91 Å². The summed E-state index contributed by atoms with van der Waals surface area (Å²) in [5.74, 6) is 0.505. The van der Waals surface area contributed by atoms with Crippen molar-refractivity contribution in [3.05, 3.63) is 29.8 Å². The maximum absolute atomic E-state index is 12.1. The quantitative estimate of drug-likeness (QED) is 0.871. The average Bonchev–Trinajstić information content (AvgIpc) is 3.04. The lowest BCUT2D eigenvalue weighted by Gasteiger charge is -2.31. The monoisotopic (exact) mass is 274 g/mol. The Morgan fingerprint density at radius 2 is 2.30 bits per heavy atom. The van der Waals surface area contributed by atoms with E-state index in [4.69, 9.17) is 4.74 Å². The number of rotatable bonds is 2. The molecule has 2 atom stereocenters. The van der Waals surface area contributed by atoms with Crippen LogP contribution in [0.4, 0.5) is 0 Å². The summed E-state index contributed by atoms with van der Waals surface area (Å²) < 4.78 is 5.96. The molecule has 1 amide bonds. The molecule has 5 heteroatoms. The van der Waals surface area contributed by atoms with Crippen LogP contribution in [0.3, 0.4) is 0 Å². The molecule has 0 aliphatic carbocycles. The predicted octanol–water partition coefficient (Wildman–Crippen LogP) is 0.925. The summed E-state index contributed by atoms with van der Waals surface area (Å²) in [6.07, 6.45) is 1.45. The average molecular weight is 274 g/mol. The molecule has 106 valence electrons. The van der Waals surface area contributed by atoms with Gasteiger partial charge in [-0.05, 0) is 17.7 Å². The third-order valence-corrected chi connectivity index (χ3v) is 4.81. The molecule has 20 heavy (non-hydrogen) atoms. The molecule has 1 aromatic rings. The second-order valence-corrected chi connectivity index (χ2v) is 5.85. The number of amides is 1. The van der Waals surface area contributed by atoms with E-state index in [9.17, 15) is 9.90 Å². The number of phenols is 1. The van der Waals surface area contributed by atoms with Crippen LogP contribution in [0.5, 0.6) is 5.75 Å². The van der Waals surface area contributed by atoms with Crippen LogP contribution in [0.25, 0.3) is 0 Å². The Balaban J connectivity index is 1.58. The Morgan fingerprint density at radius 1 is 1.40 bits per heavy atom. The molecule has 1 N–H and O–H groups in total. The van der Waals surface area contributed by atoms with Crippen LogP contribution in [-0.2, 0) is 16.1 Å². The highest BCUT2D eigenvalue weighted by Gasteiger charge is 2.61. The number of nitrogens with zero attached hydrogens (tertiary/aromatic N) is 2. The normalized spacial score (nSPS) is 32.7. The van der Waals surface area contributed by atoms with Crippen LogP contribution >= 0.6 is 0 Å². The zero-order valence-corrected chi connectivity index (χ0v) is 11.3. The molecule has 3 aliphatic rings. The van der Waals surface area contributed by atoms with Crippen molar-refractivity contribution in [2.45, 2.75) is 31.2 Å². The molecular weight excluding hydrogens is 256 g/mol. The third-order valence-electron chi connectivity index (χ3n) is 4.81. The number of carbonyl (C=O) groups is 1. The van der Waals surface area contributed by atoms with Gasteiger partial charge in [0.15, 0.2) is 5.72 Å². The smallest absolute Gasteiger partial charge is 0.226 e. The molecule has 0 unspecified atom stereocenters. The topological polar surface area (TPSA) is 53.0 Å². The lowest BCUT2D eigenvalue weighted by atomic mass is 10.1. The molecule has 0 aromatic heterocycles. The van der Waals surface area contributed by atoms with E-state index in [1.165, 1.54) is 0 Å². The summed E-state index contributed by atoms with van der Waals surface area (Å²) in [4.78, 5) is 16.3. The Hall–Kier alpha value is -1.59. The van der Waals surface area contributed by atoms with Gasteiger partial charge in [-0.3, -0.25) is 9.69 Å². The van der Waals surface area contributed by atoms with Gasteiger partial charge in [-0.15, -0.1) is 0 Å². The first-order valence-corrected chi connectivity index (χ1v) is 7.15. The summed E-state index contributed by atoms with van der Waals surface area (Å²) in [6.45, 7) is 3.08. The molecule has 5 nitrogen and oxygen atoms in total. The van der Waals surface area contributed by atoms with E-state index in [1.807, 2.05) is 17.0 Å². The second kappa shape index (κ2) is 4.20. The summed E-state index contributed by atoms with van der Waals surface area (Å²) in [7, 11) is 0. The van der Waals surface area contributed by atoms with Gasteiger partial charge >= 0.3 is 0 Å². The van der Waals surface area contributed by atoms with Crippen molar-refractivity contribution in [3.63, 3.8) is 0 Å². The van der Waals surface area contributed by atoms with Gasteiger partial charge in [0.1, 0.15) is 5.75 Å². The van der Waals surface area contributed by atoms with E-state index in [0.29, 0.717) is 13.0 Å². The first-order valence-electron chi connectivity index (χ1n) is 7.15. The minimum Gasteiger partial charge on any atom is -0.508 e. The summed E-state index contributed by atoms with van der Waals surface area (Å²) in [5.41, 5.74) is 0.708. The Bertz CT molecular complexity index is 562. The predicted molar refractivity (Wildman–Crippen MR) is 71.9 cm³/mol. The second-order valence-electron chi connectivity index (χ2n) is 5.85. The summed E-state index contributed by atoms with van der Waals surface area (Å²) in [6, 6.07) is 7.48. The van der Waals surface area contributed by atoms with Gasteiger partial charge in [0.2, 0.25) is 5.91 Å². The number of phenolic OH excluding ortho intramolecular Hbond substituents is 1. The first-order chi connectivity index (χ1) is 9.69. The highest BCUT2D eigenvalue weighted by molar-refractivity contribution is 5.81. The van der Waals surface area contributed by atoms with Crippen LogP contribution in [0.1, 0.15) is 18.4 Å². The van der Waals surface area contributed by atoms with Gasteiger partial charge in [0.05, 0.1) is 12.6 Å². The molecule has 0 bridgehead atoms. The lowest BCUT2D eigenvalue weighted by molar-refractivity contribution is -0.136. The Morgan fingerprint density at radius 3 is 3.15 bits per heavy atom. The maximum Gasteiger partial charge on any atom is 0.226 e. The fourth-order valence-electron chi connectivity index (χ4n) is 3.95. The highest BCUT2D eigenvalue weighted by atomic mass is 16.5. The van der Waals surface area contributed by atoms with Crippen molar-refractivity contribution < 1.29 is 14.6 Å². The number of carbonyl (C=O) groups excluding carboxylic acids is 1. The van der Waals surface area contributed by atoms with E-state index >= 15 is 0 Å². The van der Waals surface area contributed by atoms with Crippen molar-refractivity contribution in [1.82, 2.24) is 9.80 Å². The van der Waals surface area contributed by atoms with Crippen LogP contribution in [0.2, 0.25) is 0 Å². The molecule has 0 saturated carbocycles. The summed E-state index contributed by atoms with van der Waals surface area (Å²) >= 11 is 0. The number of hydrogen-bond donors (Lipinski definition) is 1. The van der Waals surface area contributed by atoms with Crippen LogP contribution in [0, 0.1) is 0 Å². The number of ether oxygens (including phenoxy) is 1.